The van der Waals surface area contributed by atoms with Crippen LogP contribution in [0, 0.1) is 0 Å². The lowest BCUT2D eigenvalue weighted by molar-refractivity contribution is 0.903. The second-order valence-electron chi connectivity index (χ2n) is 2.16. The number of pyridine rings is 1. The fourth-order valence-electron chi connectivity index (χ4n) is 0.797. The molecule has 1 nitrogen and oxygen atoms in total. The van der Waals surface area contributed by atoms with Gasteiger partial charge in [0, 0.05) is 17.2 Å². The van der Waals surface area contributed by atoms with Gasteiger partial charge in [-0.3, -0.25) is 4.98 Å². The Morgan fingerprint density at radius 2 is 2.36 bits per heavy atom. The fourth-order valence-corrected chi connectivity index (χ4v) is 1.07. The van der Waals surface area contributed by atoms with Crippen molar-refractivity contribution in [2.75, 3.05) is 0 Å². The third kappa shape index (κ3) is 3.34. The predicted octanol–water partition coefficient (Wildman–Crippen LogP) is 3.51. The molecule has 1 heterocycles. The van der Waals surface area contributed by atoms with Gasteiger partial charge in [-0.05, 0) is 18.1 Å². The highest BCUT2D eigenvalue weighted by molar-refractivity contribution is 9.09. The van der Waals surface area contributed by atoms with E-state index in [1.807, 2.05) is 12.3 Å². The third-order valence-corrected chi connectivity index (χ3v) is 2.58. The molecule has 0 bridgehead atoms. The van der Waals surface area contributed by atoms with E-state index in [1.165, 1.54) is 5.56 Å². The molecule has 0 N–H and O–H groups in total. The van der Waals surface area contributed by atoms with Crippen LogP contribution in [0.3, 0.4) is 0 Å². The molecule has 1 rings (SSSR count). The van der Waals surface area contributed by atoms with E-state index in [4.69, 9.17) is 0 Å². The highest BCUT2D eigenvalue weighted by Gasteiger charge is 2.01. The summed E-state index contributed by atoms with van der Waals surface area (Å²) >= 11 is 3.54. The summed E-state index contributed by atoms with van der Waals surface area (Å²) < 4.78 is 0. The summed E-state index contributed by atoms with van der Waals surface area (Å²) in [4.78, 5) is 4.48. The molecule has 0 saturated carbocycles. The molecule has 1 unspecified atom stereocenters. The molecule has 0 aliphatic heterocycles. The van der Waals surface area contributed by atoms with Gasteiger partial charge in [0.25, 0.3) is 0 Å². The van der Waals surface area contributed by atoms with Crippen LogP contribution < -0.4 is 0 Å². The van der Waals surface area contributed by atoms with Crippen LogP contribution >= 0.6 is 32.9 Å². The maximum absolute atomic E-state index is 4.02. The van der Waals surface area contributed by atoms with Crippen LogP contribution in [-0.2, 0) is 0 Å². The summed E-state index contributed by atoms with van der Waals surface area (Å²) in [6, 6.07) is 4.04. The van der Waals surface area contributed by atoms with E-state index in [0.29, 0.717) is 4.83 Å². The topological polar surface area (TPSA) is 12.9 Å². The van der Waals surface area contributed by atoms with Crippen LogP contribution in [0.5, 0.6) is 0 Å². The van der Waals surface area contributed by atoms with E-state index in [1.54, 1.807) is 6.20 Å². The van der Waals surface area contributed by atoms with Gasteiger partial charge in [-0.25, -0.2) is 0 Å². The zero-order chi connectivity index (χ0) is 7.40. The Kier molecular flexibility index (Phi) is 5.78. The Bertz CT molecular complexity index is 189. The number of hydrogen-bond acceptors (Lipinski definition) is 1. The normalized spacial score (nSPS) is 11.8. The van der Waals surface area contributed by atoms with Crippen LogP contribution in [0.2, 0.25) is 0 Å². The van der Waals surface area contributed by atoms with Crippen LogP contribution in [-0.4, -0.2) is 4.98 Å². The molecule has 62 valence electrons. The molecule has 11 heavy (non-hydrogen) atoms. The summed E-state index contributed by atoms with van der Waals surface area (Å²) in [7, 11) is 0. The van der Waals surface area contributed by atoms with E-state index >= 15 is 0 Å². The van der Waals surface area contributed by atoms with Crippen molar-refractivity contribution in [3.05, 3.63) is 30.1 Å². The Morgan fingerprint density at radius 1 is 1.64 bits per heavy atom. The van der Waals surface area contributed by atoms with Gasteiger partial charge in [-0.1, -0.05) is 28.9 Å². The Balaban J connectivity index is 0.000001000. The molecular formula is C8H11Br2N. The molecule has 1 aromatic rings. The van der Waals surface area contributed by atoms with Gasteiger partial charge < -0.3 is 0 Å². The minimum absolute atomic E-state index is 0. The molecule has 0 aliphatic carbocycles. The number of halogens is 2. The van der Waals surface area contributed by atoms with Gasteiger partial charge >= 0.3 is 0 Å². The lowest BCUT2D eigenvalue weighted by Gasteiger charge is -2.03. The largest absolute Gasteiger partial charge is 0.264 e. The molecular weight excluding hydrogens is 270 g/mol. The first-order valence-electron chi connectivity index (χ1n) is 3.38. The van der Waals surface area contributed by atoms with Crippen LogP contribution in [0.1, 0.15) is 23.7 Å². The second-order valence-corrected chi connectivity index (χ2v) is 3.27. The van der Waals surface area contributed by atoms with Crippen molar-refractivity contribution in [3.63, 3.8) is 0 Å². The molecule has 0 saturated heterocycles. The first kappa shape index (κ1) is 11.1. The first-order chi connectivity index (χ1) is 4.84. The molecule has 3 heteroatoms. The number of nitrogens with zero attached hydrogens (tertiary/aromatic N) is 1. The molecule has 1 atom stereocenters. The van der Waals surface area contributed by atoms with Crippen LogP contribution in [0.25, 0.3) is 0 Å². The number of alkyl halides is 1. The Labute approximate surface area is 86.1 Å². The summed E-state index contributed by atoms with van der Waals surface area (Å²) in [5.41, 5.74) is 1.25. The summed E-state index contributed by atoms with van der Waals surface area (Å²) in [5, 5.41) is 0. The molecule has 0 aliphatic rings. The molecule has 0 fully saturated rings. The van der Waals surface area contributed by atoms with Gasteiger partial charge in [-0.2, -0.15) is 0 Å². The lowest BCUT2D eigenvalue weighted by atomic mass is 10.2. The van der Waals surface area contributed by atoms with E-state index in [2.05, 4.69) is 33.9 Å². The molecule has 0 aromatic carbocycles. The van der Waals surface area contributed by atoms with Crippen molar-refractivity contribution < 1.29 is 0 Å². The van der Waals surface area contributed by atoms with Crippen molar-refractivity contribution in [3.8, 4) is 0 Å². The highest BCUT2D eigenvalue weighted by atomic mass is 79.9. The molecule has 0 spiro atoms. The van der Waals surface area contributed by atoms with Gasteiger partial charge in [0.2, 0.25) is 0 Å². The van der Waals surface area contributed by atoms with E-state index in [9.17, 15) is 0 Å². The maximum atomic E-state index is 4.02. The number of hydrogen-bond donors (Lipinski definition) is 0. The zero-order valence-electron chi connectivity index (χ0n) is 6.33. The standard InChI is InChI=1S/C8H10BrN.BrH/c1-2-8(9)7-4-3-5-10-6-7;/h3-6,8H,2H2,1H3;1H. The zero-order valence-corrected chi connectivity index (χ0v) is 9.63. The lowest BCUT2D eigenvalue weighted by Crippen LogP contribution is -1.86. The first-order valence-corrected chi connectivity index (χ1v) is 4.30. The number of aromatic nitrogens is 1. The van der Waals surface area contributed by atoms with Gasteiger partial charge in [0.1, 0.15) is 0 Å². The minimum atomic E-state index is 0. The van der Waals surface area contributed by atoms with E-state index in [0.717, 1.165) is 6.42 Å². The van der Waals surface area contributed by atoms with Crippen LogP contribution in [0.15, 0.2) is 24.5 Å². The van der Waals surface area contributed by atoms with Crippen molar-refractivity contribution in [2.24, 2.45) is 0 Å². The average molecular weight is 281 g/mol. The molecule has 1 aromatic heterocycles. The van der Waals surface area contributed by atoms with E-state index < -0.39 is 0 Å². The third-order valence-electron chi connectivity index (χ3n) is 1.40. The van der Waals surface area contributed by atoms with Gasteiger partial charge in [-0.15, -0.1) is 17.0 Å². The minimum Gasteiger partial charge on any atom is -0.264 e. The van der Waals surface area contributed by atoms with Gasteiger partial charge in [0.15, 0.2) is 0 Å². The quantitative estimate of drug-likeness (QED) is 0.756. The number of rotatable bonds is 2. The fraction of sp³-hybridized carbons (Fsp3) is 0.375. The average Bonchev–Trinajstić information content (AvgIpc) is 2.05. The maximum Gasteiger partial charge on any atom is 0.0407 e. The predicted molar refractivity (Wildman–Crippen MR) is 56.5 cm³/mol. The second kappa shape index (κ2) is 5.72. The monoisotopic (exact) mass is 279 g/mol. The SMILES string of the molecule is Br.CCC(Br)c1cccnc1. The van der Waals surface area contributed by atoms with Crippen molar-refractivity contribution >= 4 is 32.9 Å². The summed E-state index contributed by atoms with van der Waals surface area (Å²) in [5.74, 6) is 0. The highest BCUT2D eigenvalue weighted by Crippen LogP contribution is 2.24. The van der Waals surface area contributed by atoms with Crippen LogP contribution in [0.4, 0.5) is 0 Å². The van der Waals surface area contributed by atoms with E-state index in [-0.39, 0.29) is 17.0 Å². The van der Waals surface area contributed by atoms with Crippen molar-refractivity contribution in [2.45, 2.75) is 18.2 Å². The Hall–Kier alpha value is 0.110. The summed E-state index contributed by atoms with van der Waals surface area (Å²) in [6.07, 6.45) is 4.79. The smallest absolute Gasteiger partial charge is 0.0407 e. The van der Waals surface area contributed by atoms with Crippen molar-refractivity contribution in [1.29, 1.82) is 0 Å². The summed E-state index contributed by atoms with van der Waals surface area (Å²) in [6.45, 7) is 2.15. The van der Waals surface area contributed by atoms with Gasteiger partial charge in [0.05, 0.1) is 0 Å². The molecule has 0 radical (unpaired) electrons. The molecule has 0 amide bonds. The Morgan fingerprint density at radius 3 is 2.82 bits per heavy atom. The van der Waals surface area contributed by atoms with Crippen molar-refractivity contribution in [1.82, 2.24) is 4.98 Å².